The summed E-state index contributed by atoms with van der Waals surface area (Å²) < 4.78 is 13.8. The minimum absolute atomic E-state index is 0.00758. The lowest BCUT2D eigenvalue weighted by Gasteiger charge is -2.20. The van der Waals surface area contributed by atoms with E-state index in [1.807, 2.05) is 0 Å². The summed E-state index contributed by atoms with van der Waals surface area (Å²) in [6, 6.07) is 10.3. The first-order chi connectivity index (χ1) is 10.5. The summed E-state index contributed by atoms with van der Waals surface area (Å²) >= 11 is 12.0. The molecule has 1 amide bonds. The second kappa shape index (κ2) is 5.60. The number of fused-ring (bicyclic) bond motifs is 1. The molecule has 3 rings (SSSR count). The number of rotatable bonds is 2. The molecule has 0 N–H and O–H groups in total. The number of hydrogen-bond acceptors (Lipinski definition) is 2. The molecule has 0 aliphatic carbocycles. The molecule has 22 heavy (non-hydrogen) atoms. The third-order valence-corrected chi connectivity index (χ3v) is 4.12. The Hall–Kier alpha value is -2.09. The molecule has 1 heterocycles. The van der Waals surface area contributed by atoms with Crippen molar-refractivity contribution in [3.63, 3.8) is 0 Å². The van der Waals surface area contributed by atoms with Gasteiger partial charge in [-0.3, -0.25) is 4.79 Å². The Bertz CT molecular complexity index is 816. The predicted octanol–water partition coefficient (Wildman–Crippen LogP) is 4.35. The number of nitriles is 1. The third-order valence-electron chi connectivity index (χ3n) is 3.59. The van der Waals surface area contributed by atoms with Crippen LogP contribution in [0.15, 0.2) is 36.4 Å². The maximum Gasteiger partial charge on any atom is 0.256 e. The highest BCUT2D eigenvalue weighted by Crippen LogP contribution is 2.40. The lowest BCUT2D eigenvalue weighted by atomic mass is 10.1. The minimum Gasteiger partial charge on any atom is -0.314 e. The fourth-order valence-corrected chi connectivity index (χ4v) is 3.17. The normalized spacial score (nSPS) is 16.5. The quantitative estimate of drug-likeness (QED) is 0.819. The standard InChI is InChI=1S/C16H9Cl2FN2O/c17-10-5-11-15(12(18)6-10)14(7-20)21(16(11)22)8-9-3-1-2-4-13(9)19/h1-6,14H,8H2. The van der Waals surface area contributed by atoms with Gasteiger partial charge in [-0.15, -0.1) is 0 Å². The zero-order chi connectivity index (χ0) is 15.9. The molecule has 1 aliphatic heterocycles. The molecule has 1 atom stereocenters. The molecule has 0 saturated carbocycles. The van der Waals surface area contributed by atoms with Crippen LogP contribution in [0.5, 0.6) is 0 Å². The first kappa shape index (κ1) is 14.8. The molecule has 0 saturated heterocycles. The zero-order valence-electron chi connectivity index (χ0n) is 11.2. The summed E-state index contributed by atoms with van der Waals surface area (Å²) in [5, 5.41) is 10.00. The maximum absolute atomic E-state index is 13.8. The van der Waals surface area contributed by atoms with Gasteiger partial charge in [-0.1, -0.05) is 41.4 Å². The van der Waals surface area contributed by atoms with E-state index < -0.39 is 11.9 Å². The van der Waals surface area contributed by atoms with E-state index >= 15 is 0 Å². The minimum atomic E-state index is -0.855. The molecule has 0 spiro atoms. The van der Waals surface area contributed by atoms with Gasteiger partial charge in [0.15, 0.2) is 0 Å². The van der Waals surface area contributed by atoms with Gasteiger partial charge in [0, 0.05) is 26.7 Å². The van der Waals surface area contributed by atoms with E-state index in [1.54, 1.807) is 18.2 Å². The fourth-order valence-electron chi connectivity index (χ4n) is 2.57. The van der Waals surface area contributed by atoms with Crippen molar-refractivity contribution in [3.8, 4) is 6.07 Å². The van der Waals surface area contributed by atoms with E-state index in [9.17, 15) is 14.4 Å². The summed E-state index contributed by atoms with van der Waals surface area (Å²) in [6.07, 6.45) is 0. The maximum atomic E-state index is 13.8. The first-order valence-corrected chi connectivity index (χ1v) is 7.21. The summed E-state index contributed by atoms with van der Waals surface area (Å²) in [5.41, 5.74) is 1.06. The Morgan fingerprint density at radius 3 is 2.68 bits per heavy atom. The van der Waals surface area contributed by atoms with Crippen LogP contribution >= 0.6 is 23.2 Å². The third kappa shape index (κ3) is 2.33. The van der Waals surface area contributed by atoms with Crippen LogP contribution < -0.4 is 0 Å². The molecule has 110 valence electrons. The molecule has 2 aromatic carbocycles. The van der Waals surface area contributed by atoms with Gasteiger partial charge in [0.2, 0.25) is 0 Å². The van der Waals surface area contributed by atoms with Crippen molar-refractivity contribution >= 4 is 29.1 Å². The van der Waals surface area contributed by atoms with E-state index in [4.69, 9.17) is 23.2 Å². The molecular weight excluding hydrogens is 326 g/mol. The Kier molecular flexibility index (Phi) is 3.78. The summed E-state index contributed by atoms with van der Waals surface area (Å²) in [5.74, 6) is -0.804. The highest BCUT2D eigenvalue weighted by atomic mass is 35.5. The van der Waals surface area contributed by atoms with Gasteiger partial charge in [-0.25, -0.2) is 4.39 Å². The van der Waals surface area contributed by atoms with E-state index in [0.29, 0.717) is 21.7 Å². The van der Waals surface area contributed by atoms with Crippen molar-refractivity contribution in [1.29, 1.82) is 5.26 Å². The van der Waals surface area contributed by atoms with Gasteiger partial charge in [-0.2, -0.15) is 5.26 Å². The molecule has 2 aromatic rings. The van der Waals surface area contributed by atoms with Crippen molar-refractivity contribution in [2.45, 2.75) is 12.6 Å². The number of benzene rings is 2. The number of hydrogen-bond donors (Lipinski definition) is 0. The predicted molar refractivity (Wildman–Crippen MR) is 81.1 cm³/mol. The van der Waals surface area contributed by atoms with Gasteiger partial charge in [0.05, 0.1) is 12.6 Å². The molecule has 6 heteroatoms. The van der Waals surface area contributed by atoms with Crippen LogP contribution in [0.1, 0.15) is 27.5 Å². The monoisotopic (exact) mass is 334 g/mol. The van der Waals surface area contributed by atoms with E-state index in [2.05, 4.69) is 6.07 Å². The Balaban J connectivity index is 2.05. The molecule has 0 bridgehead atoms. The highest BCUT2D eigenvalue weighted by molar-refractivity contribution is 6.36. The molecule has 0 radical (unpaired) electrons. The lowest BCUT2D eigenvalue weighted by Crippen LogP contribution is -2.27. The van der Waals surface area contributed by atoms with Crippen LogP contribution in [0.4, 0.5) is 4.39 Å². The van der Waals surface area contributed by atoms with Crippen molar-refractivity contribution in [2.24, 2.45) is 0 Å². The number of amides is 1. The number of carbonyl (C=O) groups is 1. The van der Waals surface area contributed by atoms with Gasteiger partial charge >= 0.3 is 0 Å². The molecular formula is C16H9Cl2FN2O. The highest BCUT2D eigenvalue weighted by Gasteiger charge is 2.39. The Morgan fingerprint density at radius 2 is 2.00 bits per heavy atom. The summed E-state index contributed by atoms with van der Waals surface area (Å²) in [7, 11) is 0. The number of halogens is 3. The largest absolute Gasteiger partial charge is 0.314 e. The molecule has 1 unspecified atom stereocenters. The number of nitrogens with zero attached hydrogens (tertiary/aromatic N) is 2. The average molecular weight is 335 g/mol. The fraction of sp³-hybridized carbons (Fsp3) is 0.125. The second-order valence-corrected chi connectivity index (χ2v) is 5.75. The van der Waals surface area contributed by atoms with Crippen molar-refractivity contribution in [3.05, 3.63) is 69.0 Å². The molecule has 3 nitrogen and oxygen atoms in total. The van der Waals surface area contributed by atoms with E-state index in [0.717, 1.165) is 0 Å². The number of carbonyl (C=O) groups excluding carboxylic acids is 1. The van der Waals surface area contributed by atoms with Gasteiger partial charge in [0.25, 0.3) is 5.91 Å². The van der Waals surface area contributed by atoms with Crippen LogP contribution in [0, 0.1) is 17.1 Å². The first-order valence-electron chi connectivity index (χ1n) is 6.46. The van der Waals surface area contributed by atoms with Crippen LogP contribution in [0.2, 0.25) is 10.0 Å². The lowest BCUT2D eigenvalue weighted by molar-refractivity contribution is 0.0743. The van der Waals surface area contributed by atoms with Gasteiger partial charge in [-0.05, 0) is 18.2 Å². The van der Waals surface area contributed by atoms with Crippen LogP contribution in [0.25, 0.3) is 0 Å². The second-order valence-electron chi connectivity index (χ2n) is 4.90. The van der Waals surface area contributed by atoms with E-state index in [-0.39, 0.29) is 17.5 Å². The van der Waals surface area contributed by atoms with Crippen LogP contribution in [-0.2, 0) is 6.54 Å². The summed E-state index contributed by atoms with van der Waals surface area (Å²) in [6.45, 7) is -0.00758. The Morgan fingerprint density at radius 1 is 1.27 bits per heavy atom. The smallest absolute Gasteiger partial charge is 0.256 e. The summed E-state index contributed by atoms with van der Waals surface area (Å²) in [4.78, 5) is 13.8. The van der Waals surface area contributed by atoms with E-state index in [1.165, 1.54) is 23.1 Å². The SMILES string of the molecule is N#CC1c2c(Cl)cc(Cl)cc2C(=O)N1Cc1ccccc1F. The Labute approximate surface area is 136 Å². The van der Waals surface area contributed by atoms with Crippen molar-refractivity contribution in [1.82, 2.24) is 4.90 Å². The average Bonchev–Trinajstić information content (AvgIpc) is 2.74. The van der Waals surface area contributed by atoms with Crippen molar-refractivity contribution < 1.29 is 9.18 Å². The van der Waals surface area contributed by atoms with Gasteiger partial charge in [0.1, 0.15) is 11.9 Å². The van der Waals surface area contributed by atoms with Crippen LogP contribution in [0.3, 0.4) is 0 Å². The molecule has 0 fully saturated rings. The molecule has 1 aliphatic rings. The van der Waals surface area contributed by atoms with Crippen LogP contribution in [-0.4, -0.2) is 10.8 Å². The van der Waals surface area contributed by atoms with Gasteiger partial charge < -0.3 is 4.90 Å². The molecule has 0 aromatic heterocycles. The van der Waals surface area contributed by atoms with Crippen molar-refractivity contribution in [2.75, 3.05) is 0 Å². The zero-order valence-corrected chi connectivity index (χ0v) is 12.7. The topological polar surface area (TPSA) is 44.1 Å².